The molecule has 1 aliphatic heterocycles. The van der Waals surface area contributed by atoms with E-state index in [1.807, 2.05) is 42.5 Å². The Bertz CT molecular complexity index is 1390. The Labute approximate surface area is 253 Å². The van der Waals surface area contributed by atoms with E-state index in [-0.39, 0.29) is 23.1 Å². The van der Waals surface area contributed by atoms with Crippen LogP contribution >= 0.6 is 0 Å². The molecule has 6 aliphatic carbocycles. The van der Waals surface area contributed by atoms with Gasteiger partial charge in [0.25, 0.3) is 0 Å². The number of fused-ring (bicyclic) bond motifs is 2. The van der Waals surface area contributed by atoms with E-state index in [1.165, 1.54) is 38.5 Å². The molecule has 2 N–H and O–H groups in total. The molecule has 0 spiro atoms. The molecule has 0 unspecified atom stereocenters. The Kier molecular flexibility index (Phi) is 6.36. The molecule has 2 aromatic rings. The fourth-order valence-electron chi connectivity index (χ4n) is 11.2. The first kappa shape index (κ1) is 27.2. The summed E-state index contributed by atoms with van der Waals surface area (Å²) in [4.78, 5) is 42.5. The third-order valence-electron chi connectivity index (χ3n) is 12.4. The summed E-state index contributed by atoms with van der Waals surface area (Å²) in [6.07, 6.45) is 11.7. The summed E-state index contributed by atoms with van der Waals surface area (Å²) in [7, 11) is 0. The van der Waals surface area contributed by atoms with Crippen LogP contribution in [0.25, 0.3) is 0 Å². The van der Waals surface area contributed by atoms with Gasteiger partial charge in [-0.15, -0.1) is 0 Å². The van der Waals surface area contributed by atoms with Crippen molar-refractivity contribution in [1.82, 2.24) is 10.2 Å². The fourth-order valence-corrected chi connectivity index (χ4v) is 11.2. The summed E-state index contributed by atoms with van der Waals surface area (Å²) in [5.41, 5.74) is 2.94. The minimum Gasteiger partial charge on any atom is -0.480 e. The highest BCUT2D eigenvalue weighted by molar-refractivity contribution is 5.92. The molecule has 5 saturated carbocycles. The summed E-state index contributed by atoms with van der Waals surface area (Å²) in [5, 5.41) is 13.4. The second-order valence-electron chi connectivity index (χ2n) is 14.8. The van der Waals surface area contributed by atoms with Crippen molar-refractivity contribution >= 4 is 17.8 Å². The van der Waals surface area contributed by atoms with Gasteiger partial charge < -0.3 is 15.3 Å². The zero-order chi connectivity index (χ0) is 29.3. The number of hydrogen-bond acceptors (Lipinski definition) is 3. The highest BCUT2D eigenvalue weighted by Gasteiger charge is 2.63. The number of rotatable bonds is 7. The highest BCUT2D eigenvalue weighted by Crippen LogP contribution is 2.63. The molecule has 9 rings (SSSR count). The number of benzene rings is 2. The van der Waals surface area contributed by atoms with Crippen molar-refractivity contribution in [3.63, 3.8) is 0 Å². The van der Waals surface area contributed by atoms with E-state index in [0.29, 0.717) is 25.8 Å². The Morgan fingerprint density at radius 1 is 0.860 bits per heavy atom. The number of aliphatic carboxylic acids is 1. The van der Waals surface area contributed by atoms with Gasteiger partial charge in [0.05, 0.1) is 11.8 Å². The molecule has 0 aromatic heterocycles. The maximum Gasteiger partial charge on any atom is 0.326 e. The minimum absolute atomic E-state index is 0.0484. The highest BCUT2D eigenvalue weighted by atomic mass is 16.4. The second-order valence-corrected chi connectivity index (χ2v) is 14.8. The number of nitrogens with one attached hydrogen (secondary N) is 1. The quantitative estimate of drug-likeness (QED) is 0.421. The molecule has 6 nitrogen and oxygen atoms in total. The van der Waals surface area contributed by atoms with Crippen LogP contribution in [0, 0.1) is 40.9 Å². The maximum atomic E-state index is 14.4. The minimum atomic E-state index is -0.941. The van der Waals surface area contributed by atoms with Gasteiger partial charge in [-0.25, -0.2) is 4.79 Å². The molecule has 0 radical (unpaired) electrons. The van der Waals surface area contributed by atoms with Crippen LogP contribution in [0.2, 0.25) is 0 Å². The second kappa shape index (κ2) is 10.1. The van der Waals surface area contributed by atoms with Crippen LogP contribution in [0.3, 0.4) is 0 Å². The van der Waals surface area contributed by atoms with Crippen molar-refractivity contribution < 1.29 is 19.5 Å². The molecule has 2 aromatic carbocycles. The van der Waals surface area contributed by atoms with Crippen LogP contribution in [-0.4, -0.2) is 46.9 Å². The van der Waals surface area contributed by atoms with Gasteiger partial charge in [0.15, 0.2) is 0 Å². The number of carboxylic acid groups (broad SMARTS) is 1. The van der Waals surface area contributed by atoms with Gasteiger partial charge in [-0.05, 0) is 92.1 Å². The zero-order valence-electron chi connectivity index (χ0n) is 24.8. The largest absolute Gasteiger partial charge is 0.480 e. The summed E-state index contributed by atoms with van der Waals surface area (Å²) in [6, 6.07) is 19.9. The smallest absolute Gasteiger partial charge is 0.326 e. The number of carbonyl (C=O) groups excluding carboxylic acids is 2. The Morgan fingerprint density at radius 3 is 2.00 bits per heavy atom. The molecular formula is C37H42N2O4. The molecule has 6 bridgehead atoms. The Balaban J connectivity index is 1.16. The summed E-state index contributed by atoms with van der Waals surface area (Å²) >= 11 is 0. The predicted molar refractivity (Wildman–Crippen MR) is 163 cm³/mol. The lowest BCUT2D eigenvalue weighted by molar-refractivity contribution is -0.150. The van der Waals surface area contributed by atoms with E-state index in [1.54, 1.807) is 4.90 Å². The SMILES string of the molecule is O=C(NCC12CC3CC(CC(C3)C1)C2)[C@H]1C2=C[C@@H](C(=O)N3CCC[C@@H]3C(=O)O)[C@@H]1C(c1ccccc1)(c1ccccc1)C2. The predicted octanol–water partition coefficient (Wildman–Crippen LogP) is 5.57. The molecule has 224 valence electrons. The zero-order valence-corrected chi connectivity index (χ0v) is 24.8. The topological polar surface area (TPSA) is 86.7 Å². The van der Waals surface area contributed by atoms with E-state index in [9.17, 15) is 19.5 Å². The first-order valence-corrected chi connectivity index (χ1v) is 16.5. The number of carboxylic acids is 1. The van der Waals surface area contributed by atoms with Crippen molar-refractivity contribution in [2.75, 3.05) is 13.1 Å². The molecular weight excluding hydrogens is 536 g/mol. The third-order valence-corrected chi connectivity index (χ3v) is 12.4. The first-order chi connectivity index (χ1) is 20.9. The van der Waals surface area contributed by atoms with Crippen LogP contribution in [-0.2, 0) is 19.8 Å². The number of amides is 2. The standard InChI is InChI=1S/C37H42N2O4/c40-33(38-22-36-18-23-14-24(19-36)16-25(15-23)20-36)31-26-17-29(34(41)39-13-7-12-30(39)35(42)43)32(31)37(21-26,27-8-3-1-4-9-27)28-10-5-2-6-11-28/h1-6,8-11,17,23-25,29-32H,7,12-16,18-22H2,(H,38,40)(H,42,43)/t23?,24?,25?,29-,30-,31+,32+,36?/m1/s1. The molecule has 6 fully saturated rings. The van der Waals surface area contributed by atoms with Gasteiger partial charge >= 0.3 is 5.97 Å². The van der Waals surface area contributed by atoms with Gasteiger partial charge in [0.1, 0.15) is 6.04 Å². The Morgan fingerprint density at radius 2 is 1.44 bits per heavy atom. The van der Waals surface area contributed by atoms with Crippen molar-refractivity contribution in [2.24, 2.45) is 40.9 Å². The van der Waals surface area contributed by atoms with Gasteiger partial charge in [-0.1, -0.05) is 72.3 Å². The van der Waals surface area contributed by atoms with Gasteiger partial charge in [0.2, 0.25) is 11.8 Å². The van der Waals surface area contributed by atoms with Crippen molar-refractivity contribution in [1.29, 1.82) is 0 Å². The molecule has 7 aliphatic rings. The average Bonchev–Trinajstić information content (AvgIpc) is 3.73. The van der Waals surface area contributed by atoms with Crippen LogP contribution in [0.5, 0.6) is 0 Å². The molecule has 1 heterocycles. The van der Waals surface area contributed by atoms with Gasteiger partial charge in [-0.3, -0.25) is 9.59 Å². The number of carbonyl (C=O) groups is 3. The summed E-state index contributed by atoms with van der Waals surface area (Å²) < 4.78 is 0. The third kappa shape index (κ3) is 4.22. The van der Waals surface area contributed by atoms with Crippen LogP contribution < -0.4 is 5.32 Å². The van der Waals surface area contributed by atoms with E-state index < -0.39 is 29.3 Å². The normalized spacial score (nSPS) is 36.5. The van der Waals surface area contributed by atoms with Gasteiger partial charge in [0, 0.05) is 24.4 Å². The number of hydrogen-bond donors (Lipinski definition) is 2. The molecule has 4 atom stereocenters. The van der Waals surface area contributed by atoms with E-state index in [2.05, 4.69) is 29.6 Å². The molecule has 1 saturated heterocycles. The summed E-state index contributed by atoms with van der Waals surface area (Å²) in [6.45, 7) is 1.19. The lowest BCUT2D eigenvalue weighted by Crippen LogP contribution is -2.53. The van der Waals surface area contributed by atoms with E-state index in [0.717, 1.165) is 41.0 Å². The van der Waals surface area contributed by atoms with Crippen molar-refractivity contribution in [3.8, 4) is 0 Å². The van der Waals surface area contributed by atoms with Gasteiger partial charge in [-0.2, -0.15) is 0 Å². The van der Waals surface area contributed by atoms with E-state index in [4.69, 9.17) is 0 Å². The summed E-state index contributed by atoms with van der Waals surface area (Å²) in [5.74, 6) is 0.168. The fraction of sp³-hybridized carbons (Fsp3) is 0.541. The van der Waals surface area contributed by atoms with Crippen LogP contribution in [0.15, 0.2) is 72.3 Å². The van der Waals surface area contributed by atoms with Crippen molar-refractivity contribution in [2.45, 2.75) is 69.2 Å². The monoisotopic (exact) mass is 578 g/mol. The molecule has 6 heteroatoms. The van der Waals surface area contributed by atoms with E-state index >= 15 is 0 Å². The van der Waals surface area contributed by atoms with Crippen molar-refractivity contribution in [3.05, 3.63) is 83.4 Å². The number of likely N-dealkylation sites (tertiary alicyclic amines) is 1. The lowest BCUT2D eigenvalue weighted by atomic mass is 9.49. The average molecular weight is 579 g/mol. The number of nitrogens with zero attached hydrogens (tertiary/aromatic N) is 1. The van der Waals surface area contributed by atoms with Crippen LogP contribution in [0.1, 0.15) is 68.9 Å². The molecule has 43 heavy (non-hydrogen) atoms. The lowest BCUT2D eigenvalue weighted by Gasteiger charge is -2.57. The van der Waals surface area contributed by atoms with Crippen LogP contribution in [0.4, 0.5) is 0 Å². The molecule has 2 amide bonds. The Hall–Kier alpha value is -3.41. The maximum absolute atomic E-state index is 14.4. The first-order valence-electron chi connectivity index (χ1n) is 16.5.